The van der Waals surface area contributed by atoms with Crippen LogP contribution in [0.5, 0.6) is 0 Å². The fourth-order valence-corrected chi connectivity index (χ4v) is 1.30. The Morgan fingerprint density at radius 1 is 1.75 bits per heavy atom. The van der Waals surface area contributed by atoms with Crippen molar-refractivity contribution in [1.82, 2.24) is 4.90 Å². The number of thiocarbonyl (C=S) groups is 1. The fraction of sp³-hybridized carbons (Fsp3) is 0.571. The molecule has 4 nitrogen and oxygen atoms in total. The number of hydrogen-bond acceptors (Lipinski definition) is 3. The lowest BCUT2D eigenvalue weighted by Crippen LogP contribution is -2.37. The Labute approximate surface area is 75.7 Å². The normalized spacial score (nSPS) is 23.4. The van der Waals surface area contributed by atoms with Gasteiger partial charge in [-0.2, -0.15) is 0 Å². The number of amides is 2. The highest BCUT2D eigenvalue weighted by Crippen LogP contribution is 2.17. The molecule has 2 N–H and O–H groups in total. The van der Waals surface area contributed by atoms with Crippen molar-refractivity contribution >= 4 is 29.0 Å². The molecule has 1 unspecified atom stereocenters. The fourth-order valence-electron chi connectivity index (χ4n) is 1.17. The van der Waals surface area contributed by atoms with Gasteiger partial charge in [-0.3, -0.25) is 14.5 Å². The summed E-state index contributed by atoms with van der Waals surface area (Å²) in [5.41, 5.74) is 5.23. The predicted octanol–water partition coefficient (Wildman–Crippen LogP) is -0.332. The number of carbonyl (C=O) groups excluding carboxylic acids is 2. The summed E-state index contributed by atoms with van der Waals surface area (Å²) in [5.74, 6) is -0.569. The lowest BCUT2D eigenvalue weighted by atomic mass is 10.1. The van der Waals surface area contributed by atoms with Crippen LogP contribution in [0.1, 0.15) is 13.3 Å². The second-order valence-electron chi connectivity index (χ2n) is 2.89. The van der Waals surface area contributed by atoms with Crippen molar-refractivity contribution < 1.29 is 9.59 Å². The topological polar surface area (TPSA) is 63.4 Å². The Balaban J connectivity index is 2.70. The number of rotatable bonds is 2. The number of nitrogens with zero attached hydrogens (tertiary/aromatic N) is 1. The van der Waals surface area contributed by atoms with Gasteiger partial charge in [-0.25, -0.2) is 0 Å². The first-order chi connectivity index (χ1) is 5.52. The molecule has 0 aromatic heterocycles. The van der Waals surface area contributed by atoms with Crippen LogP contribution in [-0.4, -0.2) is 28.2 Å². The molecule has 0 aliphatic carbocycles. The maximum atomic E-state index is 11.2. The molecule has 0 aromatic carbocycles. The third-order valence-corrected chi connectivity index (χ3v) is 1.91. The van der Waals surface area contributed by atoms with E-state index in [-0.39, 0.29) is 35.7 Å². The van der Waals surface area contributed by atoms with Crippen LogP contribution in [0.25, 0.3) is 0 Å². The summed E-state index contributed by atoms with van der Waals surface area (Å²) in [6, 6.07) is 0. The summed E-state index contributed by atoms with van der Waals surface area (Å²) in [5, 5.41) is 0. The highest BCUT2D eigenvalue weighted by Gasteiger charge is 2.35. The van der Waals surface area contributed by atoms with E-state index in [2.05, 4.69) is 12.2 Å². The second kappa shape index (κ2) is 3.18. The summed E-state index contributed by atoms with van der Waals surface area (Å²) in [6.07, 6.45) is 0.279. The molecule has 0 radical (unpaired) electrons. The molecule has 1 heterocycles. The van der Waals surface area contributed by atoms with Gasteiger partial charge in [0.15, 0.2) is 0 Å². The summed E-state index contributed by atoms with van der Waals surface area (Å²) in [6.45, 7) is 1.80. The molecule has 0 aromatic rings. The first kappa shape index (κ1) is 9.12. The smallest absolute Gasteiger partial charge is 0.232 e. The quantitative estimate of drug-likeness (QED) is 0.473. The molecule has 1 aliphatic rings. The Hall–Kier alpha value is -0.970. The van der Waals surface area contributed by atoms with Crippen LogP contribution in [0.2, 0.25) is 0 Å². The minimum Gasteiger partial charge on any atom is -0.392 e. The van der Waals surface area contributed by atoms with E-state index in [0.717, 1.165) is 4.90 Å². The molecule has 0 spiro atoms. The van der Waals surface area contributed by atoms with Gasteiger partial charge in [0.25, 0.3) is 0 Å². The van der Waals surface area contributed by atoms with Crippen molar-refractivity contribution in [3.63, 3.8) is 0 Å². The van der Waals surface area contributed by atoms with Gasteiger partial charge in [-0.1, -0.05) is 19.1 Å². The number of imide groups is 1. The lowest BCUT2D eigenvalue weighted by Gasteiger charge is -2.12. The van der Waals surface area contributed by atoms with E-state index >= 15 is 0 Å². The Morgan fingerprint density at radius 2 is 2.33 bits per heavy atom. The van der Waals surface area contributed by atoms with E-state index in [1.54, 1.807) is 6.92 Å². The Bertz CT molecular complexity index is 252. The monoisotopic (exact) mass is 186 g/mol. The van der Waals surface area contributed by atoms with Gasteiger partial charge in [-0.05, 0) is 0 Å². The van der Waals surface area contributed by atoms with Gasteiger partial charge in [0.2, 0.25) is 11.8 Å². The van der Waals surface area contributed by atoms with E-state index in [1.165, 1.54) is 0 Å². The van der Waals surface area contributed by atoms with Gasteiger partial charge in [0.1, 0.15) is 0 Å². The number of hydrogen-bond donors (Lipinski definition) is 1. The molecule has 66 valence electrons. The first-order valence-electron chi connectivity index (χ1n) is 3.65. The van der Waals surface area contributed by atoms with Crippen molar-refractivity contribution in [2.24, 2.45) is 11.7 Å². The summed E-state index contributed by atoms with van der Waals surface area (Å²) < 4.78 is 0. The van der Waals surface area contributed by atoms with Crippen molar-refractivity contribution in [2.45, 2.75) is 13.3 Å². The predicted molar refractivity (Wildman–Crippen MR) is 47.3 cm³/mol. The van der Waals surface area contributed by atoms with Gasteiger partial charge in [-0.15, -0.1) is 0 Å². The van der Waals surface area contributed by atoms with E-state index in [4.69, 9.17) is 5.73 Å². The molecule has 1 atom stereocenters. The molecule has 12 heavy (non-hydrogen) atoms. The van der Waals surface area contributed by atoms with Crippen LogP contribution in [0.3, 0.4) is 0 Å². The maximum Gasteiger partial charge on any atom is 0.232 e. The largest absolute Gasteiger partial charge is 0.392 e. The van der Waals surface area contributed by atoms with E-state index in [1.807, 2.05) is 0 Å². The third-order valence-electron chi connectivity index (χ3n) is 1.78. The van der Waals surface area contributed by atoms with Gasteiger partial charge in [0.05, 0.1) is 11.5 Å². The third kappa shape index (κ3) is 1.61. The summed E-state index contributed by atoms with van der Waals surface area (Å²) in [7, 11) is 0. The lowest BCUT2D eigenvalue weighted by molar-refractivity contribution is -0.138. The molecule has 1 rings (SSSR count). The van der Waals surface area contributed by atoms with Crippen molar-refractivity contribution in [2.75, 3.05) is 6.54 Å². The standard InChI is InChI=1S/C7H10N2O2S/c1-4-2-6(10)9(7(4)11)3-5(8)12/h4H,2-3H2,1H3,(H2,8,12). The van der Waals surface area contributed by atoms with Gasteiger partial charge in [0, 0.05) is 12.3 Å². The van der Waals surface area contributed by atoms with E-state index in [9.17, 15) is 9.59 Å². The zero-order valence-corrected chi connectivity index (χ0v) is 7.56. The molecule has 1 fully saturated rings. The summed E-state index contributed by atoms with van der Waals surface area (Å²) in [4.78, 5) is 23.7. The molecule has 2 amide bonds. The number of nitrogens with two attached hydrogens (primary N) is 1. The highest BCUT2D eigenvalue weighted by atomic mass is 32.1. The molecule has 0 saturated carbocycles. The SMILES string of the molecule is CC1CC(=O)N(CC(N)=S)C1=O. The van der Waals surface area contributed by atoms with Gasteiger partial charge >= 0.3 is 0 Å². The van der Waals surface area contributed by atoms with Crippen LogP contribution < -0.4 is 5.73 Å². The number of carbonyl (C=O) groups is 2. The van der Waals surface area contributed by atoms with Crippen molar-refractivity contribution in [1.29, 1.82) is 0 Å². The minimum atomic E-state index is -0.216. The zero-order chi connectivity index (χ0) is 9.30. The average molecular weight is 186 g/mol. The number of likely N-dealkylation sites (tertiary alicyclic amines) is 1. The second-order valence-corrected chi connectivity index (χ2v) is 3.41. The summed E-state index contributed by atoms with van der Waals surface area (Å²) >= 11 is 4.61. The Kier molecular flexibility index (Phi) is 2.42. The van der Waals surface area contributed by atoms with Crippen LogP contribution >= 0.6 is 12.2 Å². The molecule has 1 aliphatic heterocycles. The minimum absolute atomic E-state index is 0.0807. The Morgan fingerprint density at radius 3 is 2.67 bits per heavy atom. The van der Waals surface area contributed by atoms with Crippen molar-refractivity contribution in [3.05, 3.63) is 0 Å². The molecule has 1 saturated heterocycles. The molecular weight excluding hydrogens is 176 g/mol. The maximum absolute atomic E-state index is 11.2. The molecule has 0 bridgehead atoms. The highest BCUT2D eigenvalue weighted by molar-refractivity contribution is 7.80. The van der Waals surface area contributed by atoms with Crippen LogP contribution in [-0.2, 0) is 9.59 Å². The van der Waals surface area contributed by atoms with E-state index in [0.29, 0.717) is 0 Å². The zero-order valence-electron chi connectivity index (χ0n) is 6.74. The van der Waals surface area contributed by atoms with Crippen LogP contribution in [0.4, 0.5) is 0 Å². The van der Waals surface area contributed by atoms with Crippen molar-refractivity contribution in [3.8, 4) is 0 Å². The van der Waals surface area contributed by atoms with Crippen LogP contribution in [0, 0.1) is 5.92 Å². The molecule has 5 heteroatoms. The average Bonchev–Trinajstić information content (AvgIpc) is 2.16. The molecular formula is C7H10N2O2S. The van der Waals surface area contributed by atoms with E-state index < -0.39 is 0 Å². The van der Waals surface area contributed by atoms with Crippen LogP contribution in [0.15, 0.2) is 0 Å². The van der Waals surface area contributed by atoms with Gasteiger partial charge < -0.3 is 5.73 Å². The first-order valence-corrected chi connectivity index (χ1v) is 4.05.